The summed E-state index contributed by atoms with van der Waals surface area (Å²) in [6.45, 7) is 2.74. The molecule has 20 heavy (non-hydrogen) atoms. The summed E-state index contributed by atoms with van der Waals surface area (Å²) in [5.74, 6) is 0.846. The van der Waals surface area contributed by atoms with Gasteiger partial charge < -0.3 is 5.32 Å². The fourth-order valence-corrected chi connectivity index (χ4v) is 2.36. The number of aromatic nitrogens is 2. The summed E-state index contributed by atoms with van der Waals surface area (Å²) in [4.78, 5) is 8.61. The number of halogens is 1. The zero-order chi connectivity index (χ0) is 13.9. The Morgan fingerprint density at radius 1 is 1.10 bits per heavy atom. The van der Waals surface area contributed by atoms with Crippen molar-refractivity contribution in [3.05, 3.63) is 64.9 Å². The molecule has 3 rings (SSSR count). The van der Waals surface area contributed by atoms with Gasteiger partial charge in [0.25, 0.3) is 0 Å². The molecule has 0 unspecified atom stereocenters. The monoisotopic (exact) mass is 283 g/mol. The molecule has 0 spiro atoms. The van der Waals surface area contributed by atoms with E-state index in [2.05, 4.69) is 34.3 Å². The van der Waals surface area contributed by atoms with Crippen LogP contribution in [-0.2, 0) is 6.54 Å². The van der Waals surface area contributed by atoms with Crippen LogP contribution in [0.5, 0.6) is 0 Å². The Morgan fingerprint density at radius 2 is 2.00 bits per heavy atom. The minimum Gasteiger partial charge on any atom is -0.365 e. The van der Waals surface area contributed by atoms with Crippen LogP contribution in [0.25, 0.3) is 10.9 Å². The molecule has 1 N–H and O–H groups in total. The van der Waals surface area contributed by atoms with Crippen LogP contribution in [0.15, 0.2) is 48.8 Å². The summed E-state index contributed by atoms with van der Waals surface area (Å²) in [7, 11) is 0. The molecule has 100 valence electrons. The third-order valence-electron chi connectivity index (χ3n) is 3.14. The van der Waals surface area contributed by atoms with E-state index < -0.39 is 0 Å². The average molecular weight is 284 g/mol. The van der Waals surface area contributed by atoms with E-state index >= 15 is 0 Å². The number of rotatable bonds is 3. The maximum absolute atomic E-state index is 5.99. The zero-order valence-electron chi connectivity index (χ0n) is 11.1. The molecule has 1 aromatic heterocycles. The summed E-state index contributed by atoms with van der Waals surface area (Å²) >= 11 is 5.99. The second-order valence-corrected chi connectivity index (χ2v) is 5.16. The molecule has 2 aromatic carbocycles. The van der Waals surface area contributed by atoms with Crippen LogP contribution in [0.2, 0.25) is 5.02 Å². The molecule has 0 saturated heterocycles. The topological polar surface area (TPSA) is 37.8 Å². The summed E-state index contributed by atoms with van der Waals surface area (Å²) in [5, 5.41) is 5.13. The quantitative estimate of drug-likeness (QED) is 0.783. The van der Waals surface area contributed by atoms with Gasteiger partial charge in [0.1, 0.15) is 12.1 Å². The minimum absolute atomic E-state index is 0.681. The first-order valence-electron chi connectivity index (χ1n) is 6.42. The maximum atomic E-state index is 5.99. The van der Waals surface area contributed by atoms with E-state index in [9.17, 15) is 0 Å². The molecule has 0 radical (unpaired) electrons. The number of anilines is 1. The van der Waals surface area contributed by atoms with Gasteiger partial charge in [-0.15, -0.1) is 0 Å². The van der Waals surface area contributed by atoms with Gasteiger partial charge in [-0.25, -0.2) is 9.97 Å². The molecule has 3 aromatic rings. The molecular formula is C16H14ClN3. The van der Waals surface area contributed by atoms with E-state index in [1.54, 1.807) is 6.33 Å². The van der Waals surface area contributed by atoms with Gasteiger partial charge in [-0.2, -0.15) is 0 Å². The molecular weight excluding hydrogens is 270 g/mol. The van der Waals surface area contributed by atoms with Crippen LogP contribution in [0.4, 0.5) is 5.82 Å². The SMILES string of the molecule is Cc1ccc2ncnc(NCc3cccc(Cl)c3)c2c1. The van der Waals surface area contributed by atoms with Crippen LogP contribution in [0.3, 0.4) is 0 Å². The number of hydrogen-bond donors (Lipinski definition) is 1. The summed E-state index contributed by atoms with van der Waals surface area (Å²) in [5.41, 5.74) is 3.26. The molecule has 0 bridgehead atoms. The Labute approximate surface area is 122 Å². The molecule has 0 aliphatic carbocycles. The van der Waals surface area contributed by atoms with Crippen molar-refractivity contribution >= 4 is 28.3 Å². The Morgan fingerprint density at radius 3 is 2.85 bits per heavy atom. The Kier molecular flexibility index (Phi) is 3.52. The minimum atomic E-state index is 0.681. The summed E-state index contributed by atoms with van der Waals surface area (Å²) < 4.78 is 0. The van der Waals surface area contributed by atoms with Crippen LogP contribution in [0, 0.1) is 6.92 Å². The van der Waals surface area contributed by atoms with Crippen molar-refractivity contribution in [2.45, 2.75) is 13.5 Å². The van der Waals surface area contributed by atoms with E-state index in [4.69, 9.17) is 11.6 Å². The predicted molar refractivity (Wildman–Crippen MR) is 83.1 cm³/mol. The number of nitrogens with zero attached hydrogens (tertiary/aromatic N) is 2. The smallest absolute Gasteiger partial charge is 0.137 e. The largest absolute Gasteiger partial charge is 0.365 e. The standard InChI is InChI=1S/C16H14ClN3/c1-11-5-6-15-14(7-11)16(20-10-19-15)18-9-12-3-2-4-13(17)8-12/h2-8,10H,9H2,1H3,(H,18,19,20). The number of nitrogens with one attached hydrogen (secondary N) is 1. The van der Waals surface area contributed by atoms with Crippen molar-refractivity contribution < 1.29 is 0 Å². The van der Waals surface area contributed by atoms with Gasteiger partial charge in [0.05, 0.1) is 5.52 Å². The zero-order valence-corrected chi connectivity index (χ0v) is 11.9. The molecule has 4 heteroatoms. The number of aryl methyl sites for hydroxylation is 1. The van der Waals surface area contributed by atoms with Gasteiger partial charge in [0.2, 0.25) is 0 Å². The molecule has 1 heterocycles. The lowest BCUT2D eigenvalue weighted by atomic mass is 10.1. The Bertz CT molecular complexity index is 756. The molecule has 0 fully saturated rings. The maximum Gasteiger partial charge on any atom is 0.137 e. The first kappa shape index (κ1) is 12.9. The van der Waals surface area contributed by atoms with E-state index in [1.165, 1.54) is 5.56 Å². The lowest BCUT2D eigenvalue weighted by Crippen LogP contribution is -2.02. The highest BCUT2D eigenvalue weighted by Crippen LogP contribution is 2.21. The fraction of sp³-hybridized carbons (Fsp3) is 0.125. The van der Waals surface area contributed by atoms with Crippen molar-refractivity contribution in [3.63, 3.8) is 0 Å². The van der Waals surface area contributed by atoms with Gasteiger partial charge in [0, 0.05) is 17.0 Å². The highest BCUT2D eigenvalue weighted by molar-refractivity contribution is 6.30. The third-order valence-corrected chi connectivity index (χ3v) is 3.37. The van der Waals surface area contributed by atoms with Crippen molar-refractivity contribution in [2.24, 2.45) is 0 Å². The van der Waals surface area contributed by atoms with Gasteiger partial charge in [0.15, 0.2) is 0 Å². The fourth-order valence-electron chi connectivity index (χ4n) is 2.14. The number of hydrogen-bond acceptors (Lipinski definition) is 3. The van der Waals surface area contributed by atoms with Crippen LogP contribution < -0.4 is 5.32 Å². The van der Waals surface area contributed by atoms with Crippen molar-refractivity contribution in [2.75, 3.05) is 5.32 Å². The molecule has 0 aliphatic heterocycles. The second-order valence-electron chi connectivity index (χ2n) is 4.73. The van der Waals surface area contributed by atoms with Crippen molar-refractivity contribution in [3.8, 4) is 0 Å². The highest BCUT2D eigenvalue weighted by Gasteiger charge is 2.03. The van der Waals surface area contributed by atoms with E-state index in [0.29, 0.717) is 6.54 Å². The molecule has 0 aliphatic rings. The Balaban J connectivity index is 1.89. The highest BCUT2D eigenvalue weighted by atomic mass is 35.5. The molecule has 3 nitrogen and oxygen atoms in total. The van der Waals surface area contributed by atoms with E-state index in [0.717, 1.165) is 27.3 Å². The molecule has 0 saturated carbocycles. The first-order chi connectivity index (χ1) is 9.72. The second kappa shape index (κ2) is 5.47. The van der Waals surface area contributed by atoms with Crippen LogP contribution >= 0.6 is 11.6 Å². The third kappa shape index (κ3) is 2.73. The molecule has 0 amide bonds. The van der Waals surface area contributed by atoms with Gasteiger partial charge in [-0.3, -0.25) is 0 Å². The van der Waals surface area contributed by atoms with Gasteiger partial charge >= 0.3 is 0 Å². The van der Waals surface area contributed by atoms with E-state index in [-0.39, 0.29) is 0 Å². The Hall–Kier alpha value is -2.13. The van der Waals surface area contributed by atoms with Gasteiger partial charge in [-0.05, 0) is 36.8 Å². The average Bonchev–Trinajstić information content (AvgIpc) is 2.45. The van der Waals surface area contributed by atoms with Crippen molar-refractivity contribution in [1.82, 2.24) is 9.97 Å². The lowest BCUT2D eigenvalue weighted by Gasteiger charge is -2.09. The van der Waals surface area contributed by atoms with Crippen LogP contribution in [-0.4, -0.2) is 9.97 Å². The van der Waals surface area contributed by atoms with E-state index in [1.807, 2.05) is 30.3 Å². The lowest BCUT2D eigenvalue weighted by molar-refractivity contribution is 1.10. The first-order valence-corrected chi connectivity index (χ1v) is 6.80. The van der Waals surface area contributed by atoms with Gasteiger partial charge in [-0.1, -0.05) is 35.4 Å². The summed E-state index contributed by atoms with van der Waals surface area (Å²) in [6.07, 6.45) is 1.58. The predicted octanol–water partition coefficient (Wildman–Crippen LogP) is 4.20. The number of fused-ring (bicyclic) bond motifs is 1. The van der Waals surface area contributed by atoms with Crippen molar-refractivity contribution in [1.29, 1.82) is 0 Å². The molecule has 0 atom stereocenters. The number of benzene rings is 2. The normalized spacial score (nSPS) is 10.7. The summed E-state index contributed by atoms with van der Waals surface area (Å²) in [6, 6.07) is 14.0. The van der Waals surface area contributed by atoms with Crippen LogP contribution in [0.1, 0.15) is 11.1 Å².